The Labute approximate surface area is 180 Å². The molecule has 1 amide bonds. The highest BCUT2D eigenvalue weighted by Gasteiger charge is 2.33. The molecule has 0 saturated carbocycles. The number of hydrogen-bond acceptors (Lipinski definition) is 6. The Kier molecular flexibility index (Phi) is 7.13. The Bertz CT molecular complexity index is 964. The second kappa shape index (κ2) is 9.80. The smallest absolute Gasteiger partial charge is 0.325 e. The maximum atomic E-state index is 12.3. The number of amides is 1. The van der Waals surface area contributed by atoms with E-state index in [4.69, 9.17) is 4.74 Å². The second-order valence-corrected chi connectivity index (χ2v) is 7.50. The standard InChI is InChI=1S/C21H28N4O6/c1-3-22-18(26)12-23-6-8-24(9-7-23)20(21(29)30)16-11-25(13-19(27)28)17-5-4-14(31-2)10-15(16)17/h4-5,10-11,20H,3,6-9,12-13H2,1-2H3,(H,22,26)(H,27,28)(H,29,30). The van der Waals surface area contributed by atoms with Gasteiger partial charge in [-0.05, 0) is 25.1 Å². The average molecular weight is 432 g/mol. The van der Waals surface area contributed by atoms with Crippen molar-refractivity contribution in [3.63, 3.8) is 0 Å². The van der Waals surface area contributed by atoms with E-state index < -0.39 is 18.0 Å². The number of hydrogen-bond donors (Lipinski definition) is 3. The number of benzene rings is 1. The first-order valence-electron chi connectivity index (χ1n) is 10.2. The monoisotopic (exact) mass is 432 g/mol. The van der Waals surface area contributed by atoms with Crippen LogP contribution in [0.4, 0.5) is 0 Å². The maximum absolute atomic E-state index is 12.3. The number of likely N-dealkylation sites (N-methyl/N-ethyl adjacent to an activating group) is 1. The fraction of sp³-hybridized carbons (Fsp3) is 0.476. The van der Waals surface area contributed by atoms with Gasteiger partial charge in [-0.3, -0.25) is 24.2 Å². The van der Waals surface area contributed by atoms with E-state index in [0.717, 1.165) is 0 Å². The number of nitrogens with one attached hydrogen (secondary N) is 1. The van der Waals surface area contributed by atoms with Gasteiger partial charge in [0.15, 0.2) is 0 Å². The summed E-state index contributed by atoms with van der Waals surface area (Å²) in [5.74, 6) is -1.49. The summed E-state index contributed by atoms with van der Waals surface area (Å²) in [5.41, 5.74) is 1.17. The van der Waals surface area contributed by atoms with Gasteiger partial charge in [0.25, 0.3) is 0 Å². The van der Waals surface area contributed by atoms with Gasteiger partial charge >= 0.3 is 11.9 Å². The van der Waals surface area contributed by atoms with Gasteiger partial charge in [0.2, 0.25) is 5.91 Å². The van der Waals surface area contributed by atoms with Crippen molar-refractivity contribution in [3.8, 4) is 5.75 Å². The summed E-state index contributed by atoms with van der Waals surface area (Å²) in [5, 5.41) is 22.7. The lowest BCUT2D eigenvalue weighted by Crippen LogP contribution is -2.51. The molecule has 1 unspecified atom stereocenters. The van der Waals surface area contributed by atoms with E-state index in [9.17, 15) is 24.6 Å². The minimum atomic E-state index is -1.01. The first-order valence-corrected chi connectivity index (χ1v) is 10.2. The predicted octanol–water partition coefficient (Wildman–Crippen LogP) is 0.614. The molecular formula is C21H28N4O6. The van der Waals surface area contributed by atoms with Crippen LogP contribution in [-0.4, -0.2) is 88.8 Å². The molecule has 1 aromatic carbocycles. The third kappa shape index (κ3) is 5.15. The van der Waals surface area contributed by atoms with E-state index in [1.807, 2.05) is 16.7 Å². The molecule has 31 heavy (non-hydrogen) atoms. The Morgan fingerprint density at radius 1 is 1.13 bits per heavy atom. The normalized spacial score (nSPS) is 16.2. The van der Waals surface area contributed by atoms with Gasteiger partial charge in [-0.2, -0.15) is 0 Å². The molecule has 1 atom stereocenters. The van der Waals surface area contributed by atoms with Gasteiger partial charge in [-0.1, -0.05) is 0 Å². The third-order valence-electron chi connectivity index (χ3n) is 5.47. The van der Waals surface area contributed by atoms with Crippen molar-refractivity contribution in [2.45, 2.75) is 19.5 Å². The van der Waals surface area contributed by atoms with Crippen molar-refractivity contribution in [3.05, 3.63) is 30.0 Å². The van der Waals surface area contributed by atoms with Gasteiger partial charge in [0.1, 0.15) is 18.3 Å². The number of aromatic nitrogens is 1. The zero-order valence-corrected chi connectivity index (χ0v) is 17.7. The number of aliphatic carboxylic acids is 2. The van der Waals surface area contributed by atoms with Crippen LogP contribution in [0.15, 0.2) is 24.4 Å². The summed E-state index contributed by atoms with van der Waals surface area (Å²) in [4.78, 5) is 39.3. The zero-order chi connectivity index (χ0) is 22.5. The van der Waals surface area contributed by atoms with Crippen LogP contribution in [0.2, 0.25) is 0 Å². The lowest BCUT2D eigenvalue weighted by atomic mass is 10.0. The van der Waals surface area contributed by atoms with Crippen LogP contribution in [0.3, 0.4) is 0 Å². The molecule has 1 aliphatic heterocycles. The van der Waals surface area contributed by atoms with Gasteiger partial charge in [0.05, 0.1) is 13.7 Å². The van der Waals surface area contributed by atoms with Crippen molar-refractivity contribution >= 4 is 28.7 Å². The molecular weight excluding hydrogens is 404 g/mol. The quantitative estimate of drug-likeness (QED) is 0.527. The van der Waals surface area contributed by atoms with Gasteiger partial charge in [-0.15, -0.1) is 0 Å². The van der Waals surface area contributed by atoms with Crippen LogP contribution in [0.5, 0.6) is 5.75 Å². The van der Waals surface area contributed by atoms with Gasteiger partial charge in [0, 0.05) is 55.4 Å². The van der Waals surface area contributed by atoms with Crippen molar-refractivity contribution in [2.75, 3.05) is 46.4 Å². The van der Waals surface area contributed by atoms with Crippen LogP contribution >= 0.6 is 0 Å². The number of methoxy groups -OCH3 is 1. The fourth-order valence-electron chi connectivity index (χ4n) is 4.05. The van der Waals surface area contributed by atoms with E-state index >= 15 is 0 Å². The lowest BCUT2D eigenvalue weighted by molar-refractivity contribution is -0.144. The predicted molar refractivity (Wildman–Crippen MR) is 113 cm³/mol. The highest BCUT2D eigenvalue weighted by molar-refractivity contribution is 5.91. The summed E-state index contributed by atoms with van der Waals surface area (Å²) < 4.78 is 6.84. The largest absolute Gasteiger partial charge is 0.497 e. The van der Waals surface area contributed by atoms with Gasteiger partial charge < -0.3 is 24.8 Å². The zero-order valence-electron chi connectivity index (χ0n) is 17.7. The van der Waals surface area contributed by atoms with E-state index in [0.29, 0.717) is 54.9 Å². The summed E-state index contributed by atoms with van der Waals surface area (Å²) in [6.45, 7) is 4.55. The van der Waals surface area contributed by atoms with Crippen molar-refractivity contribution < 1.29 is 29.3 Å². The number of carbonyl (C=O) groups excluding carboxylic acids is 1. The van der Waals surface area contributed by atoms with E-state index in [2.05, 4.69) is 5.32 Å². The molecule has 0 aliphatic carbocycles. The molecule has 10 heteroatoms. The second-order valence-electron chi connectivity index (χ2n) is 7.50. The summed E-state index contributed by atoms with van der Waals surface area (Å²) in [6, 6.07) is 4.27. The SMILES string of the molecule is CCNC(=O)CN1CCN(C(C(=O)O)c2cn(CC(=O)O)c3ccc(OC)cc23)CC1. The lowest BCUT2D eigenvalue weighted by Gasteiger charge is -2.37. The molecule has 2 heterocycles. The van der Waals surface area contributed by atoms with E-state index in [1.165, 1.54) is 7.11 Å². The Morgan fingerprint density at radius 3 is 2.42 bits per heavy atom. The van der Waals surface area contributed by atoms with Crippen molar-refractivity contribution in [2.24, 2.45) is 0 Å². The molecule has 168 valence electrons. The average Bonchev–Trinajstić information content (AvgIpc) is 3.06. The number of piperazine rings is 1. The van der Waals surface area contributed by atoms with Crippen molar-refractivity contribution in [1.82, 2.24) is 19.7 Å². The summed E-state index contributed by atoms with van der Waals surface area (Å²) >= 11 is 0. The number of ether oxygens (including phenoxy) is 1. The maximum Gasteiger partial charge on any atom is 0.325 e. The minimum absolute atomic E-state index is 0.0467. The summed E-state index contributed by atoms with van der Waals surface area (Å²) in [6.07, 6.45) is 1.61. The molecule has 0 radical (unpaired) electrons. The van der Waals surface area contributed by atoms with E-state index in [-0.39, 0.29) is 19.0 Å². The van der Waals surface area contributed by atoms with Crippen LogP contribution < -0.4 is 10.1 Å². The van der Waals surface area contributed by atoms with Crippen LogP contribution in [-0.2, 0) is 20.9 Å². The molecule has 1 aromatic heterocycles. The Hall–Kier alpha value is -3.11. The fourth-order valence-corrected chi connectivity index (χ4v) is 4.05. The molecule has 2 aromatic rings. The number of rotatable bonds is 9. The molecule has 0 spiro atoms. The number of nitrogens with zero attached hydrogens (tertiary/aromatic N) is 3. The molecule has 0 bridgehead atoms. The first kappa shape index (κ1) is 22.6. The highest BCUT2D eigenvalue weighted by atomic mass is 16.5. The number of carbonyl (C=O) groups is 3. The molecule has 3 rings (SSSR count). The number of fused-ring (bicyclic) bond motifs is 1. The first-order chi connectivity index (χ1) is 14.8. The number of carboxylic acid groups (broad SMARTS) is 2. The molecule has 10 nitrogen and oxygen atoms in total. The Balaban J connectivity index is 1.88. The van der Waals surface area contributed by atoms with Crippen LogP contribution in [0.25, 0.3) is 10.9 Å². The third-order valence-corrected chi connectivity index (χ3v) is 5.47. The van der Waals surface area contributed by atoms with Crippen LogP contribution in [0.1, 0.15) is 18.5 Å². The van der Waals surface area contributed by atoms with Gasteiger partial charge in [-0.25, -0.2) is 0 Å². The number of carboxylic acids is 2. The summed E-state index contributed by atoms with van der Waals surface area (Å²) in [7, 11) is 1.53. The molecule has 1 saturated heterocycles. The highest BCUT2D eigenvalue weighted by Crippen LogP contribution is 2.33. The molecule has 1 aliphatic rings. The minimum Gasteiger partial charge on any atom is -0.497 e. The van der Waals surface area contributed by atoms with Crippen LogP contribution in [0, 0.1) is 0 Å². The Morgan fingerprint density at radius 2 is 1.84 bits per heavy atom. The topological polar surface area (TPSA) is 124 Å². The molecule has 1 fully saturated rings. The van der Waals surface area contributed by atoms with Crippen molar-refractivity contribution in [1.29, 1.82) is 0 Å². The molecule has 3 N–H and O–H groups in total. The van der Waals surface area contributed by atoms with E-state index in [1.54, 1.807) is 29.0 Å².